The lowest BCUT2D eigenvalue weighted by Crippen LogP contribution is -2.43. The van der Waals surface area contributed by atoms with Gasteiger partial charge in [-0.2, -0.15) is 0 Å². The van der Waals surface area contributed by atoms with E-state index in [2.05, 4.69) is 27.9 Å². The molecule has 4 rings (SSSR count). The number of carbonyl (C=O) groups excluding carboxylic acids is 2. The minimum absolute atomic E-state index is 0.0782. The number of rotatable bonds is 10. The van der Waals surface area contributed by atoms with Gasteiger partial charge in [0.2, 0.25) is 0 Å². The summed E-state index contributed by atoms with van der Waals surface area (Å²) in [6, 6.07) is 30.9. The number of amides is 1. The molecule has 194 valence electrons. The summed E-state index contributed by atoms with van der Waals surface area (Å²) in [7, 11) is 0. The Labute approximate surface area is 235 Å². The zero-order valence-corrected chi connectivity index (χ0v) is 22.8. The first-order chi connectivity index (χ1) is 18.5. The smallest absolute Gasteiger partial charge is 0.408 e. The third-order valence-electron chi connectivity index (χ3n) is 5.98. The predicted molar refractivity (Wildman–Crippen MR) is 154 cm³/mol. The molecule has 6 nitrogen and oxygen atoms in total. The van der Waals surface area contributed by atoms with Crippen molar-refractivity contribution in [1.29, 1.82) is 0 Å². The van der Waals surface area contributed by atoms with Crippen LogP contribution in [-0.2, 0) is 40.3 Å². The zero-order valence-electron chi connectivity index (χ0n) is 20.7. The Morgan fingerprint density at radius 1 is 0.737 bits per heavy atom. The number of aromatic hydroxyl groups is 1. The molecule has 0 saturated heterocycles. The highest BCUT2D eigenvalue weighted by Crippen LogP contribution is 2.29. The number of hydrogen-bond donors (Lipinski definition) is 2. The van der Waals surface area contributed by atoms with Crippen LogP contribution in [-0.4, -0.2) is 23.2 Å². The minimum atomic E-state index is -0.989. The summed E-state index contributed by atoms with van der Waals surface area (Å²) in [6.45, 7) is 0.162. The topological polar surface area (TPSA) is 84.9 Å². The van der Waals surface area contributed by atoms with Gasteiger partial charge in [0.1, 0.15) is 25.0 Å². The van der Waals surface area contributed by atoms with Crippen LogP contribution in [0.5, 0.6) is 5.75 Å². The molecule has 1 amide bonds. The Kier molecular flexibility index (Phi) is 9.75. The lowest BCUT2D eigenvalue weighted by molar-refractivity contribution is -0.147. The molecular formula is C31H28INO5. The average molecular weight is 621 g/mol. The Balaban J connectivity index is 1.53. The number of halogens is 1. The van der Waals surface area contributed by atoms with Gasteiger partial charge in [0, 0.05) is 6.42 Å². The molecule has 38 heavy (non-hydrogen) atoms. The highest BCUT2D eigenvalue weighted by atomic mass is 127. The van der Waals surface area contributed by atoms with E-state index >= 15 is 0 Å². The van der Waals surface area contributed by atoms with E-state index in [0.29, 0.717) is 9.99 Å². The fourth-order valence-electron chi connectivity index (χ4n) is 3.98. The lowest BCUT2D eigenvalue weighted by atomic mass is 9.95. The Morgan fingerprint density at radius 3 is 1.84 bits per heavy atom. The summed E-state index contributed by atoms with van der Waals surface area (Å²) < 4.78 is 11.7. The molecule has 0 heterocycles. The lowest BCUT2D eigenvalue weighted by Gasteiger charge is -2.20. The summed E-state index contributed by atoms with van der Waals surface area (Å²) in [4.78, 5) is 25.9. The second-order valence-corrected chi connectivity index (χ2v) is 9.83. The summed E-state index contributed by atoms with van der Waals surface area (Å²) in [6.07, 6.45) is 0.0214. The molecule has 0 aliphatic heterocycles. The van der Waals surface area contributed by atoms with Crippen molar-refractivity contribution in [1.82, 2.24) is 5.32 Å². The van der Waals surface area contributed by atoms with Crippen molar-refractivity contribution in [3.05, 3.63) is 135 Å². The molecule has 1 atom stereocenters. The van der Waals surface area contributed by atoms with Crippen molar-refractivity contribution in [3.63, 3.8) is 0 Å². The Bertz CT molecular complexity index is 1350. The van der Waals surface area contributed by atoms with E-state index in [4.69, 9.17) is 9.47 Å². The Morgan fingerprint density at radius 2 is 1.26 bits per heavy atom. The van der Waals surface area contributed by atoms with Crippen LogP contribution in [0.3, 0.4) is 0 Å². The Hall–Kier alpha value is -3.85. The van der Waals surface area contributed by atoms with E-state index in [1.807, 2.05) is 91.0 Å². The number of nitrogens with one attached hydrogen (secondary N) is 1. The molecule has 0 unspecified atom stereocenters. The largest absolute Gasteiger partial charge is 0.507 e. The van der Waals surface area contributed by atoms with Gasteiger partial charge in [0.25, 0.3) is 0 Å². The molecule has 7 heteroatoms. The molecule has 0 aliphatic rings. The molecule has 0 aromatic heterocycles. The maximum Gasteiger partial charge on any atom is 0.408 e. The summed E-state index contributed by atoms with van der Waals surface area (Å²) in [5, 5.41) is 13.1. The maximum atomic E-state index is 13.2. The van der Waals surface area contributed by atoms with Crippen molar-refractivity contribution in [2.75, 3.05) is 0 Å². The number of benzene rings is 4. The van der Waals surface area contributed by atoms with E-state index in [1.165, 1.54) is 0 Å². The van der Waals surface area contributed by atoms with Crippen LogP contribution in [0.2, 0.25) is 0 Å². The number of phenols is 1. The maximum absolute atomic E-state index is 13.2. The minimum Gasteiger partial charge on any atom is -0.507 e. The molecule has 0 radical (unpaired) electrons. The van der Waals surface area contributed by atoms with Crippen molar-refractivity contribution < 1.29 is 24.2 Å². The molecule has 4 aromatic rings. The van der Waals surface area contributed by atoms with Gasteiger partial charge in [-0.3, -0.25) is 0 Å². The SMILES string of the molecule is O=C(N[C@@H](Cc1ccc(O)c(I)c1Cc1ccccc1)C(=O)OCc1ccccc1)OCc1ccccc1. The third kappa shape index (κ3) is 7.82. The predicted octanol–water partition coefficient (Wildman–Crippen LogP) is 6.17. The second kappa shape index (κ2) is 13.6. The molecule has 0 saturated carbocycles. The van der Waals surface area contributed by atoms with Crippen LogP contribution in [0.25, 0.3) is 0 Å². The summed E-state index contributed by atoms with van der Waals surface area (Å²) in [5.74, 6) is -0.405. The van der Waals surface area contributed by atoms with Crippen LogP contribution in [0.1, 0.15) is 27.8 Å². The van der Waals surface area contributed by atoms with Gasteiger partial charge in [-0.25, -0.2) is 9.59 Å². The highest BCUT2D eigenvalue weighted by molar-refractivity contribution is 14.1. The number of ether oxygens (including phenoxy) is 2. The fourth-order valence-corrected chi connectivity index (χ4v) is 4.70. The van der Waals surface area contributed by atoms with E-state index in [0.717, 1.165) is 27.8 Å². The van der Waals surface area contributed by atoms with E-state index in [9.17, 15) is 14.7 Å². The van der Waals surface area contributed by atoms with Gasteiger partial charge < -0.3 is 19.9 Å². The zero-order chi connectivity index (χ0) is 26.7. The van der Waals surface area contributed by atoms with Crippen LogP contribution in [0.4, 0.5) is 4.79 Å². The third-order valence-corrected chi connectivity index (χ3v) is 7.18. The molecule has 0 fully saturated rings. The molecule has 0 bridgehead atoms. The van der Waals surface area contributed by atoms with Crippen molar-refractivity contribution in [3.8, 4) is 5.75 Å². The molecular weight excluding hydrogens is 593 g/mol. The number of carbonyl (C=O) groups is 2. The quantitative estimate of drug-likeness (QED) is 0.164. The van der Waals surface area contributed by atoms with Crippen molar-refractivity contribution in [2.24, 2.45) is 0 Å². The van der Waals surface area contributed by atoms with Crippen LogP contribution in [0, 0.1) is 3.57 Å². The van der Waals surface area contributed by atoms with Crippen LogP contribution >= 0.6 is 22.6 Å². The van der Waals surface area contributed by atoms with Gasteiger partial charge >= 0.3 is 12.1 Å². The number of phenolic OH excluding ortho intramolecular Hbond substituents is 1. The molecule has 2 N–H and O–H groups in total. The van der Waals surface area contributed by atoms with E-state index < -0.39 is 18.1 Å². The van der Waals surface area contributed by atoms with E-state index in [-0.39, 0.29) is 25.4 Å². The van der Waals surface area contributed by atoms with Crippen molar-refractivity contribution >= 4 is 34.7 Å². The van der Waals surface area contributed by atoms with Gasteiger partial charge in [-0.15, -0.1) is 0 Å². The van der Waals surface area contributed by atoms with Gasteiger partial charge in [0.15, 0.2) is 0 Å². The number of esters is 1. The first-order valence-corrected chi connectivity index (χ1v) is 13.3. The standard InChI is InChI=1S/C31H28INO5/c32-29-26(18-22-10-4-1-5-11-22)25(16-17-28(29)34)19-27(30(35)37-20-23-12-6-2-7-13-23)33-31(36)38-21-24-14-8-3-9-15-24/h1-17,27,34H,18-21H2,(H,33,36)/t27-/m0/s1. The summed E-state index contributed by atoms with van der Waals surface area (Å²) >= 11 is 2.11. The van der Waals surface area contributed by atoms with Gasteiger partial charge in [-0.1, -0.05) is 97.1 Å². The number of hydrogen-bond acceptors (Lipinski definition) is 5. The first kappa shape index (κ1) is 27.2. The molecule has 0 spiro atoms. The monoisotopic (exact) mass is 621 g/mol. The fraction of sp³-hybridized carbons (Fsp3) is 0.161. The number of alkyl carbamates (subject to hydrolysis) is 1. The van der Waals surface area contributed by atoms with Crippen LogP contribution < -0.4 is 5.32 Å². The average Bonchev–Trinajstić information content (AvgIpc) is 2.95. The normalized spacial score (nSPS) is 11.4. The van der Waals surface area contributed by atoms with E-state index in [1.54, 1.807) is 12.1 Å². The molecule has 0 aliphatic carbocycles. The van der Waals surface area contributed by atoms with Gasteiger partial charge in [0.05, 0.1) is 3.57 Å². The van der Waals surface area contributed by atoms with Crippen LogP contribution in [0.15, 0.2) is 103 Å². The highest BCUT2D eigenvalue weighted by Gasteiger charge is 2.26. The molecule has 4 aromatic carbocycles. The first-order valence-electron chi connectivity index (χ1n) is 12.2. The van der Waals surface area contributed by atoms with Crippen molar-refractivity contribution in [2.45, 2.75) is 32.1 Å². The summed E-state index contributed by atoms with van der Waals surface area (Å²) in [5.41, 5.74) is 4.45. The second-order valence-electron chi connectivity index (χ2n) is 8.75. The van der Waals surface area contributed by atoms with Gasteiger partial charge in [-0.05, 0) is 62.9 Å².